The lowest BCUT2D eigenvalue weighted by Crippen LogP contribution is -2.29. The van der Waals surface area contributed by atoms with E-state index in [1.807, 2.05) is 60.0 Å². The van der Waals surface area contributed by atoms with Crippen molar-refractivity contribution in [1.82, 2.24) is 14.9 Å². The van der Waals surface area contributed by atoms with Crippen LogP contribution in [0.25, 0.3) is 11.0 Å². The highest BCUT2D eigenvalue weighted by Crippen LogP contribution is 2.19. The van der Waals surface area contributed by atoms with E-state index < -0.39 is 0 Å². The number of hydrogen-bond acceptors (Lipinski definition) is 3. The van der Waals surface area contributed by atoms with Gasteiger partial charge in [0.2, 0.25) is 5.91 Å². The molecule has 27 heavy (non-hydrogen) atoms. The molecule has 1 amide bonds. The van der Waals surface area contributed by atoms with E-state index in [0.29, 0.717) is 31.2 Å². The molecule has 0 aliphatic carbocycles. The van der Waals surface area contributed by atoms with E-state index in [0.717, 1.165) is 28.8 Å². The molecule has 0 radical (unpaired) electrons. The number of para-hydroxylation sites is 2. The van der Waals surface area contributed by atoms with Gasteiger partial charge in [-0.1, -0.05) is 35.9 Å². The summed E-state index contributed by atoms with van der Waals surface area (Å²) in [7, 11) is 0. The van der Waals surface area contributed by atoms with E-state index in [2.05, 4.69) is 5.32 Å². The van der Waals surface area contributed by atoms with Gasteiger partial charge in [0.1, 0.15) is 12.4 Å². The molecule has 3 rings (SSSR count). The molecule has 0 saturated carbocycles. The van der Waals surface area contributed by atoms with E-state index in [4.69, 9.17) is 21.3 Å². The molecule has 1 aromatic heterocycles. The molecule has 142 valence electrons. The summed E-state index contributed by atoms with van der Waals surface area (Å²) >= 11 is 5.98. The Hall–Kier alpha value is -2.37. The number of halogens is 1. The predicted molar refractivity (Wildman–Crippen MR) is 108 cm³/mol. The molecule has 6 heteroatoms. The van der Waals surface area contributed by atoms with Crippen LogP contribution in [0.5, 0.6) is 0 Å². The summed E-state index contributed by atoms with van der Waals surface area (Å²) in [5, 5.41) is 3.67. The van der Waals surface area contributed by atoms with Gasteiger partial charge in [-0.15, -0.1) is 0 Å². The smallest absolute Gasteiger partial charge is 0.240 e. The molecule has 0 fully saturated rings. The number of imidazole rings is 1. The lowest BCUT2D eigenvalue weighted by Gasteiger charge is -2.10. The molecule has 0 unspecified atom stereocenters. The third kappa shape index (κ3) is 5.31. The van der Waals surface area contributed by atoms with Crippen molar-refractivity contribution < 1.29 is 9.53 Å². The lowest BCUT2D eigenvalue weighted by atomic mass is 10.1. The van der Waals surface area contributed by atoms with E-state index >= 15 is 0 Å². The van der Waals surface area contributed by atoms with Gasteiger partial charge in [-0.25, -0.2) is 4.98 Å². The fraction of sp³-hybridized carbons (Fsp3) is 0.333. The van der Waals surface area contributed by atoms with Gasteiger partial charge >= 0.3 is 0 Å². The van der Waals surface area contributed by atoms with Gasteiger partial charge in [-0.2, -0.15) is 0 Å². The maximum Gasteiger partial charge on any atom is 0.240 e. The number of hydrogen-bond donors (Lipinski definition) is 1. The zero-order valence-corrected chi connectivity index (χ0v) is 16.2. The van der Waals surface area contributed by atoms with Crippen LogP contribution in [0.15, 0.2) is 48.5 Å². The molecular weight excluding hydrogens is 362 g/mol. The molecule has 0 atom stereocenters. The Morgan fingerprint density at radius 3 is 2.74 bits per heavy atom. The zero-order chi connectivity index (χ0) is 19.1. The van der Waals surface area contributed by atoms with Gasteiger partial charge in [0.15, 0.2) is 0 Å². The number of aromatic nitrogens is 2. The van der Waals surface area contributed by atoms with Crippen LogP contribution in [0.3, 0.4) is 0 Å². The highest BCUT2D eigenvalue weighted by Gasteiger charge is 2.14. The van der Waals surface area contributed by atoms with E-state index in [-0.39, 0.29) is 12.5 Å². The molecule has 0 saturated heterocycles. The number of carbonyl (C=O) groups excluding carboxylic acids is 1. The summed E-state index contributed by atoms with van der Waals surface area (Å²) in [6.45, 7) is 4.18. The number of amides is 1. The minimum absolute atomic E-state index is 0.0213. The SMILES string of the molecule is CCOCCCNC(=O)Cn1c(Cc2ccc(Cl)cc2)nc2ccccc21. The monoisotopic (exact) mass is 385 g/mol. The van der Waals surface area contributed by atoms with Gasteiger partial charge in [0.05, 0.1) is 11.0 Å². The van der Waals surface area contributed by atoms with Crippen molar-refractivity contribution in [3.8, 4) is 0 Å². The fourth-order valence-electron chi connectivity index (χ4n) is 2.97. The molecular formula is C21H24ClN3O2. The van der Waals surface area contributed by atoms with Gasteiger partial charge < -0.3 is 14.6 Å². The summed E-state index contributed by atoms with van der Waals surface area (Å²) in [6, 6.07) is 15.6. The van der Waals surface area contributed by atoms with Crippen molar-refractivity contribution in [2.75, 3.05) is 19.8 Å². The van der Waals surface area contributed by atoms with Crippen LogP contribution in [-0.4, -0.2) is 35.2 Å². The largest absolute Gasteiger partial charge is 0.382 e. The Bertz CT molecular complexity index is 890. The van der Waals surface area contributed by atoms with Crippen molar-refractivity contribution >= 4 is 28.5 Å². The first-order chi connectivity index (χ1) is 13.2. The second-order valence-corrected chi connectivity index (χ2v) is 6.74. The minimum Gasteiger partial charge on any atom is -0.382 e. The summed E-state index contributed by atoms with van der Waals surface area (Å²) in [6.07, 6.45) is 1.45. The zero-order valence-electron chi connectivity index (χ0n) is 15.5. The Labute approximate surface area is 164 Å². The third-order valence-corrected chi connectivity index (χ3v) is 4.55. The Kier molecular flexibility index (Phi) is 6.85. The standard InChI is InChI=1S/C21H24ClN3O2/c1-2-27-13-5-12-23-21(26)15-25-19-7-4-3-6-18(19)24-20(25)14-16-8-10-17(22)11-9-16/h3-4,6-11H,2,5,12-15H2,1H3,(H,23,26). The van der Waals surface area contributed by atoms with Crippen LogP contribution >= 0.6 is 11.6 Å². The van der Waals surface area contributed by atoms with Crippen molar-refractivity contribution in [3.05, 3.63) is 64.9 Å². The van der Waals surface area contributed by atoms with Gasteiger partial charge in [-0.05, 0) is 43.2 Å². The van der Waals surface area contributed by atoms with E-state index in [1.165, 1.54) is 0 Å². The van der Waals surface area contributed by atoms with Crippen LogP contribution in [0.4, 0.5) is 0 Å². The highest BCUT2D eigenvalue weighted by atomic mass is 35.5. The van der Waals surface area contributed by atoms with Gasteiger partial charge in [0.25, 0.3) is 0 Å². The molecule has 0 aliphatic rings. The molecule has 1 N–H and O–H groups in total. The number of carbonyl (C=O) groups is 1. The molecule has 0 aliphatic heterocycles. The molecule has 3 aromatic rings. The molecule has 0 spiro atoms. The lowest BCUT2D eigenvalue weighted by molar-refractivity contribution is -0.121. The second-order valence-electron chi connectivity index (χ2n) is 6.31. The molecule has 2 aromatic carbocycles. The van der Waals surface area contributed by atoms with Crippen molar-refractivity contribution in [3.63, 3.8) is 0 Å². The van der Waals surface area contributed by atoms with Gasteiger partial charge in [0, 0.05) is 31.2 Å². The topological polar surface area (TPSA) is 56.1 Å². The van der Waals surface area contributed by atoms with Crippen molar-refractivity contribution in [1.29, 1.82) is 0 Å². The van der Waals surface area contributed by atoms with Crippen molar-refractivity contribution in [2.45, 2.75) is 26.3 Å². The van der Waals surface area contributed by atoms with Crippen LogP contribution in [0.2, 0.25) is 5.02 Å². The van der Waals surface area contributed by atoms with E-state index in [9.17, 15) is 4.79 Å². The Morgan fingerprint density at radius 2 is 1.96 bits per heavy atom. The van der Waals surface area contributed by atoms with Crippen LogP contribution < -0.4 is 5.32 Å². The summed E-state index contributed by atoms with van der Waals surface area (Å²) in [5.74, 6) is 0.843. The average molecular weight is 386 g/mol. The van der Waals surface area contributed by atoms with Gasteiger partial charge in [-0.3, -0.25) is 4.79 Å². The number of nitrogens with zero attached hydrogens (tertiary/aromatic N) is 2. The molecule has 5 nitrogen and oxygen atoms in total. The Balaban J connectivity index is 1.74. The number of fused-ring (bicyclic) bond motifs is 1. The molecule has 1 heterocycles. The predicted octanol–water partition coefficient (Wildman–Crippen LogP) is 3.82. The first kappa shape index (κ1) is 19.4. The average Bonchev–Trinajstić information content (AvgIpc) is 3.01. The quantitative estimate of drug-likeness (QED) is 0.569. The number of ether oxygens (including phenoxy) is 1. The first-order valence-electron chi connectivity index (χ1n) is 9.20. The first-order valence-corrected chi connectivity index (χ1v) is 9.58. The number of nitrogens with one attached hydrogen (secondary N) is 1. The Morgan fingerprint density at radius 1 is 1.19 bits per heavy atom. The maximum absolute atomic E-state index is 12.4. The summed E-state index contributed by atoms with van der Waals surface area (Å²) < 4.78 is 7.28. The summed E-state index contributed by atoms with van der Waals surface area (Å²) in [5.41, 5.74) is 2.96. The second kappa shape index (κ2) is 9.53. The van der Waals surface area contributed by atoms with Crippen LogP contribution in [-0.2, 0) is 22.5 Å². The van der Waals surface area contributed by atoms with Crippen molar-refractivity contribution in [2.24, 2.45) is 0 Å². The number of benzene rings is 2. The third-order valence-electron chi connectivity index (χ3n) is 4.30. The summed E-state index contributed by atoms with van der Waals surface area (Å²) in [4.78, 5) is 17.2. The highest BCUT2D eigenvalue weighted by molar-refractivity contribution is 6.30. The maximum atomic E-state index is 12.4. The van der Waals surface area contributed by atoms with Crippen LogP contribution in [0.1, 0.15) is 24.7 Å². The number of rotatable bonds is 9. The normalized spacial score (nSPS) is 11.0. The van der Waals surface area contributed by atoms with E-state index in [1.54, 1.807) is 0 Å². The van der Waals surface area contributed by atoms with Crippen LogP contribution in [0, 0.1) is 0 Å². The fourth-order valence-corrected chi connectivity index (χ4v) is 3.09. The molecule has 0 bridgehead atoms. The minimum atomic E-state index is -0.0213.